The molecular weight excluding hydrogens is 406 g/mol. The molecule has 4 aliphatic rings. The zero-order valence-corrected chi connectivity index (χ0v) is 19.4. The SMILES string of the molecule is CC1=CC(C)[C@]2(COC(=O)NC3CCCCC3)COC(c3ccc4c(c3)OCO4)C1[C@H]2C. The van der Waals surface area contributed by atoms with Gasteiger partial charge in [-0.2, -0.15) is 0 Å². The number of hydrogen-bond donors (Lipinski definition) is 1. The van der Waals surface area contributed by atoms with Gasteiger partial charge in [-0.05, 0) is 49.3 Å². The zero-order chi connectivity index (χ0) is 22.3. The molecule has 1 aromatic rings. The van der Waals surface area contributed by atoms with Gasteiger partial charge in [-0.25, -0.2) is 4.79 Å². The second kappa shape index (κ2) is 8.62. The van der Waals surface area contributed by atoms with E-state index in [9.17, 15) is 4.79 Å². The number of fused-ring (bicyclic) bond motifs is 3. The van der Waals surface area contributed by atoms with Crippen LogP contribution in [0.3, 0.4) is 0 Å². The van der Waals surface area contributed by atoms with E-state index in [2.05, 4.69) is 38.2 Å². The average Bonchev–Trinajstić information content (AvgIpc) is 3.25. The van der Waals surface area contributed by atoms with Crippen molar-refractivity contribution in [2.45, 2.75) is 65.0 Å². The smallest absolute Gasteiger partial charge is 0.407 e. The van der Waals surface area contributed by atoms with Gasteiger partial charge in [0.15, 0.2) is 11.5 Å². The van der Waals surface area contributed by atoms with Crippen LogP contribution in [0.5, 0.6) is 11.5 Å². The third kappa shape index (κ3) is 3.76. The first-order chi connectivity index (χ1) is 15.5. The minimum absolute atomic E-state index is 0.0487. The van der Waals surface area contributed by atoms with Crippen LogP contribution < -0.4 is 14.8 Å². The fourth-order valence-electron chi connectivity index (χ4n) is 6.30. The molecule has 1 N–H and O–H groups in total. The van der Waals surface area contributed by atoms with Crippen molar-refractivity contribution < 1.29 is 23.7 Å². The Morgan fingerprint density at radius 1 is 1.16 bits per heavy atom. The highest BCUT2D eigenvalue weighted by atomic mass is 16.7. The predicted molar refractivity (Wildman–Crippen MR) is 121 cm³/mol. The summed E-state index contributed by atoms with van der Waals surface area (Å²) in [6, 6.07) is 6.35. The molecule has 1 aromatic carbocycles. The normalized spacial score (nSPS) is 34.0. The molecule has 5 atom stereocenters. The highest BCUT2D eigenvalue weighted by Crippen LogP contribution is 2.56. The average molecular weight is 442 g/mol. The maximum Gasteiger partial charge on any atom is 0.407 e. The fraction of sp³-hybridized carbons (Fsp3) is 0.654. The molecule has 1 saturated carbocycles. The standard InChI is InChI=1S/C26H35NO5/c1-16-11-17(2)26(14-30-25(28)27-20-7-5-4-6-8-20)13-29-24(23(16)18(26)3)19-9-10-21-22(12-19)32-15-31-21/h9-12,17-18,20,23-24H,4-8,13-15H2,1-3H3,(H,27,28)/t17?,18-,23?,24?,26-/m1/s1. The summed E-state index contributed by atoms with van der Waals surface area (Å²) in [5, 5.41) is 3.08. The molecule has 2 bridgehead atoms. The summed E-state index contributed by atoms with van der Waals surface area (Å²) < 4.78 is 23.5. The van der Waals surface area contributed by atoms with Gasteiger partial charge in [0.1, 0.15) is 6.61 Å². The maximum atomic E-state index is 12.6. The molecule has 0 aromatic heterocycles. The zero-order valence-electron chi connectivity index (χ0n) is 19.4. The Labute approximate surface area is 190 Å². The number of amides is 1. The van der Waals surface area contributed by atoms with Crippen molar-refractivity contribution in [3.05, 3.63) is 35.4 Å². The van der Waals surface area contributed by atoms with Gasteiger partial charge in [-0.1, -0.05) is 50.8 Å². The van der Waals surface area contributed by atoms with Crippen molar-refractivity contribution in [1.82, 2.24) is 5.32 Å². The van der Waals surface area contributed by atoms with Crippen LogP contribution in [-0.2, 0) is 9.47 Å². The Hall–Kier alpha value is -2.21. The Morgan fingerprint density at radius 3 is 2.75 bits per heavy atom. The molecule has 1 saturated heterocycles. The largest absolute Gasteiger partial charge is 0.454 e. The minimum Gasteiger partial charge on any atom is -0.454 e. The van der Waals surface area contributed by atoms with Crippen LogP contribution in [0, 0.1) is 23.2 Å². The van der Waals surface area contributed by atoms with Gasteiger partial charge in [0.2, 0.25) is 6.79 Å². The number of carbonyl (C=O) groups is 1. The van der Waals surface area contributed by atoms with Crippen LogP contribution in [0.4, 0.5) is 4.79 Å². The van der Waals surface area contributed by atoms with E-state index in [0.29, 0.717) is 19.1 Å². The van der Waals surface area contributed by atoms with Crippen LogP contribution in [-0.4, -0.2) is 32.1 Å². The molecule has 2 aliphatic carbocycles. The van der Waals surface area contributed by atoms with Gasteiger partial charge in [0.25, 0.3) is 0 Å². The van der Waals surface area contributed by atoms with Crippen LogP contribution in [0.25, 0.3) is 0 Å². The molecule has 32 heavy (non-hydrogen) atoms. The second-order valence-corrected chi connectivity index (χ2v) is 10.1. The Morgan fingerprint density at radius 2 is 1.94 bits per heavy atom. The topological polar surface area (TPSA) is 66.0 Å². The van der Waals surface area contributed by atoms with E-state index in [-0.39, 0.29) is 42.3 Å². The summed E-state index contributed by atoms with van der Waals surface area (Å²) in [5.74, 6) is 2.38. The molecule has 2 heterocycles. The first-order valence-electron chi connectivity index (χ1n) is 12.1. The Balaban J connectivity index is 1.32. The lowest BCUT2D eigenvalue weighted by Crippen LogP contribution is -2.55. The van der Waals surface area contributed by atoms with Gasteiger partial charge in [0.05, 0.1) is 12.7 Å². The van der Waals surface area contributed by atoms with E-state index in [0.717, 1.165) is 29.9 Å². The van der Waals surface area contributed by atoms with Crippen LogP contribution >= 0.6 is 0 Å². The molecule has 1 amide bonds. The van der Waals surface area contributed by atoms with E-state index in [1.165, 1.54) is 24.8 Å². The van der Waals surface area contributed by atoms with Gasteiger partial charge < -0.3 is 24.3 Å². The molecule has 6 nitrogen and oxygen atoms in total. The summed E-state index contributed by atoms with van der Waals surface area (Å²) in [4.78, 5) is 12.6. The minimum atomic E-state index is -0.286. The molecule has 5 rings (SSSR count). The lowest BCUT2D eigenvalue weighted by molar-refractivity contribution is -0.165. The molecule has 2 fully saturated rings. The first-order valence-corrected chi connectivity index (χ1v) is 12.1. The van der Waals surface area contributed by atoms with E-state index in [1.54, 1.807) is 0 Å². The molecular formula is C26H35NO5. The lowest BCUT2D eigenvalue weighted by Gasteiger charge is -2.55. The Bertz CT molecular complexity index is 892. The number of benzene rings is 1. The van der Waals surface area contributed by atoms with E-state index in [4.69, 9.17) is 18.9 Å². The van der Waals surface area contributed by atoms with Crippen molar-refractivity contribution >= 4 is 6.09 Å². The molecule has 6 heteroatoms. The molecule has 2 aliphatic heterocycles. The molecule has 0 radical (unpaired) electrons. The number of alkyl carbamates (subject to hydrolysis) is 1. The van der Waals surface area contributed by atoms with Crippen molar-refractivity contribution in [2.24, 2.45) is 23.2 Å². The van der Waals surface area contributed by atoms with Crippen LogP contribution in [0.1, 0.15) is 64.5 Å². The number of nitrogens with one attached hydrogen (secondary N) is 1. The highest BCUT2D eigenvalue weighted by Gasteiger charge is 2.54. The van der Waals surface area contributed by atoms with Crippen molar-refractivity contribution in [3.63, 3.8) is 0 Å². The monoisotopic (exact) mass is 441 g/mol. The highest BCUT2D eigenvalue weighted by molar-refractivity contribution is 5.67. The van der Waals surface area contributed by atoms with E-state index >= 15 is 0 Å². The molecule has 3 unspecified atom stereocenters. The fourth-order valence-corrected chi connectivity index (χ4v) is 6.30. The number of allylic oxidation sites excluding steroid dienone is 1. The van der Waals surface area contributed by atoms with Crippen LogP contribution in [0.15, 0.2) is 29.8 Å². The number of carbonyl (C=O) groups excluding carboxylic acids is 1. The van der Waals surface area contributed by atoms with Crippen molar-refractivity contribution in [2.75, 3.05) is 20.0 Å². The van der Waals surface area contributed by atoms with Gasteiger partial charge in [0, 0.05) is 17.4 Å². The second-order valence-electron chi connectivity index (χ2n) is 10.1. The maximum absolute atomic E-state index is 12.6. The van der Waals surface area contributed by atoms with Gasteiger partial charge in [-0.3, -0.25) is 0 Å². The third-order valence-electron chi connectivity index (χ3n) is 8.37. The summed E-state index contributed by atoms with van der Waals surface area (Å²) in [5.41, 5.74) is 2.23. The Kier molecular flexibility index (Phi) is 5.82. The number of hydrogen-bond acceptors (Lipinski definition) is 5. The lowest BCUT2D eigenvalue weighted by atomic mass is 9.56. The van der Waals surface area contributed by atoms with E-state index in [1.807, 2.05) is 12.1 Å². The van der Waals surface area contributed by atoms with Gasteiger partial charge >= 0.3 is 6.09 Å². The summed E-state index contributed by atoms with van der Waals surface area (Å²) in [7, 11) is 0. The summed E-state index contributed by atoms with van der Waals surface area (Å²) in [6.07, 6.45) is 7.76. The molecule has 174 valence electrons. The van der Waals surface area contributed by atoms with E-state index < -0.39 is 0 Å². The number of ether oxygens (including phenoxy) is 4. The third-order valence-corrected chi connectivity index (χ3v) is 8.37. The quantitative estimate of drug-likeness (QED) is 0.636. The summed E-state index contributed by atoms with van der Waals surface area (Å²) in [6.45, 7) is 7.93. The first kappa shape index (κ1) is 21.6. The number of rotatable bonds is 4. The molecule has 0 spiro atoms. The van der Waals surface area contributed by atoms with Crippen molar-refractivity contribution in [3.8, 4) is 11.5 Å². The van der Waals surface area contributed by atoms with Crippen molar-refractivity contribution in [1.29, 1.82) is 0 Å². The van der Waals surface area contributed by atoms with Crippen LogP contribution in [0.2, 0.25) is 0 Å². The van der Waals surface area contributed by atoms with Gasteiger partial charge in [-0.15, -0.1) is 0 Å². The predicted octanol–water partition coefficient (Wildman–Crippen LogP) is 5.38. The summed E-state index contributed by atoms with van der Waals surface area (Å²) >= 11 is 0.